The fourth-order valence-corrected chi connectivity index (χ4v) is 1.12. The zero-order valence-corrected chi connectivity index (χ0v) is 9.53. The molecule has 0 saturated heterocycles. The third-order valence-corrected chi connectivity index (χ3v) is 1.93. The highest BCUT2D eigenvalue weighted by molar-refractivity contribution is 5.76. The van der Waals surface area contributed by atoms with E-state index in [1.807, 2.05) is 37.3 Å². The molecule has 1 aromatic rings. The Hall–Kier alpha value is -1.77. The van der Waals surface area contributed by atoms with Gasteiger partial charge in [0.1, 0.15) is 5.75 Å². The number of para-hydroxylation sites is 1. The fraction of sp³-hybridized carbons (Fsp3) is 0.308. The Labute approximate surface area is 96.1 Å². The molecule has 3 heteroatoms. The maximum atomic E-state index is 11.3. The molecular formula is C13H17NO2. The Morgan fingerprint density at radius 2 is 2.06 bits per heavy atom. The lowest BCUT2D eigenvalue weighted by Gasteiger charge is -2.06. The van der Waals surface area contributed by atoms with E-state index in [-0.39, 0.29) is 5.91 Å². The van der Waals surface area contributed by atoms with Crippen LogP contribution in [0, 0.1) is 0 Å². The van der Waals surface area contributed by atoms with Gasteiger partial charge in [-0.25, -0.2) is 0 Å². The van der Waals surface area contributed by atoms with Gasteiger partial charge < -0.3 is 10.1 Å². The van der Waals surface area contributed by atoms with E-state index in [4.69, 9.17) is 4.74 Å². The summed E-state index contributed by atoms with van der Waals surface area (Å²) in [6, 6.07) is 9.46. The normalized spacial score (nSPS) is 9.56. The molecule has 0 aliphatic carbocycles. The van der Waals surface area contributed by atoms with Gasteiger partial charge in [0.05, 0.1) is 13.0 Å². The highest BCUT2D eigenvalue weighted by Gasteiger charge is 2.00. The van der Waals surface area contributed by atoms with Gasteiger partial charge in [0, 0.05) is 6.54 Å². The summed E-state index contributed by atoms with van der Waals surface area (Å²) in [5.74, 6) is 0.772. The summed E-state index contributed by atoms with van der Waals surface area (Å²) in [5, 5.41) is 2.75. The van der Waals surface area contributed by atoms with Crippen LogP contribution in [0.15, 0.2) is 42.5 Å². The predicted molar refractivity (Wildman–Crippen MR) is 64.4 cm³/mol. The number of amides is 1. The minimum atomic E-state index is -0.0149. The summed E-state index contributed by atoms with van der Waals surface area (Å²) in [6.07, 6.45) is 0.363. The van der Waals surface area contributed by atoms with Crippen molar-refractivity contribution in [2.24, 2.45) is 0 Å². The monoisotopic (exact) mass is 219 g/mol. The van der Waals surface area contributed by atoms with Gasteiger partial charge in [-0.2, -0.15) is 0 Å². The minimum Gasteiger partial charge on any atom is -0.493 e. The molecule has 0 unspecified atom stereocenters. The van der Waals surface area contributed by atoms with Crippen LogP contribution in [0.2, 0.25) is 0 Å². The van der Waals surface area contributed by atoms with Gasteiger partial charge in [-0.15, -0.1) is 0 Å². The number of hydrogen-bond acceptors (Lipinski definition) is 2. The molecule has 1 amide bonds. The number of carbonyl (C=O) groups excluding carboxylic acids is 1. The van der Waals surface area contributed by atoms with Crippen LogP contribution in [0.1, 0.15) is 13.3 Å². The van der Waals surface area contributed by atoms with Crippen LogP contribution < -0.4 is 10.1 Å². The Morgan fingerprint density at radius 1 is 1.38 bits per heavy atom. The van der Waals surface area contributed by atoms with Gasteiger partial charge in [0.25, 0.3) is 0 Å². The van der Waals surface area contributed by atoms with Crippen LogP contribution in [0.3, 0.4) is 0 Å². The number of rotatable bonds is 6. The Balaban J connectivity index is 2.16. The lowest BCUT2D eigenvalue weighted by atomic mass is 10.3. The summed E-state index contributed by atoms with van der Waals surface area (Å²) in [7, 11) is 0. The van der Waals surface area contributed by atoms with Crippen molar-refractivity contribution in [1.82, 2.24) is 5.32 Å². The molecule has 1 aromatic carbocycles. The molecule has 86 valence electrons. The van der Waals surface area contributed by atoms with E-state index in [0.717, 1.165) is 11.3 Å². The van der Waals surface area contributed by atoms with Crippen LogP contribution in [-0.2, 0) is 4.79 Å². The highest BCUT2D eigenvalue weighted by atomic mass is 16.5. The number of carbonyl (C=O) groups is 1. The van der Waals surface area contributed by atoms with Crippen molar-refractivity contribution in [1.29, 1.82) is 0 Å². The third-order valence-electron chi connectivity index (χ3n) is 1.93. The first-order chi connectivity index (χ1) is 7.68. The van der Waals surface area contributed by atoms with E-state index < -0.39 is 0 Å². The van der Waals surface area contributed by atoms with E-state index in [2.05, 4.69) is 11.9 Å². The molecule has 0 fully saturated rings. The maximum Gasteiger partial charge on any atom is 0.223 e. The highest BCUT2D eigenvalue weighted by Crippen LogP contribution is 2.08. The van der Waals surface area contributed by atoms with Crippen LogP contribution in [0.4, 0.5) is 0 Å². The smallest absolute Gasteiger partial charge is 0.223 e. The van der Waals surface area contributed by atoms with Gasteiger partial charge in [0.2, 0.25) is 5.91 Å². The molecule has 0 bridgehead atoms. The Morgan fingerprint density at radius 3 is 2.69 bits per heavy atom. The molecule has 0 aliphatic heterocycles. The van der Waals surface area contributed by atoms with Gasteiger partial charge in [0.15, 0.2) is 0 Å². The summed E-state index contributed by atoms with van der Waals surface area (Å²) < 4.78 is 5.40. The Kier molecular flexibility index (Phi) is 5.12. The molecule has 1 N–H and O–H groups in total. The topological polar surface area (TPSA) is 38.3 Å². The van der Waals surface area contributed by atoms with Gasteiger partial charge in [-0.1, -0.05) is 30.4 Å². The minimum absolute atomic E-state index is 0.0149. The standard InChI is InChI=1S/C13H17NO2/c1-11(2)10-14-13(15)8-9-16-12-6-4-3-5-7-12/h3-7H,1,8-10H2,2H3,(H,14,15). The van der Waals surface area contributed by atoms with Gasteiger partial charge in [-0.05, 0) is 19.1 Å². The van der Waals surface area contributed by atoms with Crippen molar-refractivity contribution in [3.05, 3.63) is 42.5 Å². The first-order valence-corrected chi connectivity index (χ1v) is 5.27. The van der Waals surface area contributed by atoms with Crippen LogP contribution >= 0.6 is 0 Å². The molecule has 0 aromatic heterocycles. The summed E-state index contributed by atoms with van der Waals surface area (Å²) in [5.41, 5.74) is 0.942. The second kappa shape index (κ2) is 6.67. The first kappa shape index (κ1) is 12.3. The largest absolute Gasteiger partial charge is 0.493 e. The number of ether oxygens (including phenoxy) is 1. The molecule has 3 nitrogen and oxygen atoms in total. The van der Waals surface area contributed by atoms with Crippen molar-refractivity contribution in [2.45, 2.75) is 13.3 Å². The molecule has 0 saturated carbocycles. The van der Waals surface area contributed by atoms with E-state index >= 15 is 0 Å². The summed E-state index contributed by atoms with van der Waals surface area (Å²) in [4.78, 5) is 11.3. The second-order valence-corrected chi connectivity index (χ2v) is 3.65. The average Bonchev–Trinajstić information content (AvgIpc) is 2.28. The molecule has 16 heavy (non-hydrogen) atoms. The van der Waals surface area contributed by atoms with E-state index in [0.29, 0.717) is 19.6 Å². The third kappa shape index (κ3) is 5.20. The predicted octanol–water partition coefficient (Wildman–Crippen LogP) is 2.15. The Bertz CT molecular complexity index is 346. The van der Waals surface area contributed by atoms with Crippen molar-refractivity contribution >= 4 is 5.91 Å². The lowest BCUT2D eigenvalue weighted by Crippen LogP contribution is -2.26. The molecule has 0 aliphatic rings. The van der Waals surface area contributed by atoms with E-state index in [1.165, 1.54) is 0 Å². The van der Waals surface area contributed by atoms with Crippen LogP contribution in [0.25, 0.3) is 0 Å². The average molecular weight is 219 g/mol. The quantitative estimate of drug-likeness (QED) is 0.744. The fourth-order valence-electron chi connectivity index (χ4n) is 1.12. The SMILES string of the molecule is C=C(C)CNC(=O)CCOc1ccccc1. The van der Waals surface area contributed by atoms with E-state index in [1.54, 1.807) is 0 Å². The zero-order valence-electron chi connectivity index (χ0n) is 9.53. The van der Waals surface area contributed by atoms with Crippen molar-refractivity contribution in [3.63, 3.8) is 0 Å². The number of hydrogen-bond donors (Lipinski definition) is 1. The van der Waals surface area contributed by atoms with Crippen molar-refractivity contribution in [2.75, 3.05) is 13.2 Å². The van der Waals surface area contributed by atoms with Gasteiger partial charge >= 0.3 is 0 Å². The van der Waals surface area contributed by atoms with E-state index in [9.17, 15) is 4.79 Å². The first-order valence-electron chi connectivity index (χ1n) is 5.27. The summed E-state index contributed by atoms with van der Waals surface area (Å²) >= 11 is 0. The van der Waals surface area contributed by atoms with Gasteiger partial charge in [-0.3, -0.25) is 4.79 Å². The molecule has 0 atom stereocenters. The van der Waals surface area contributed by atoms with Crippen LogP contribution in [0.5, 0.6) is 5.75 Å². The van der Waals surface area contributed by atoms with Crippen molar-refractivity contribution < 1.29 is 9.53 Å². The zero-order chi connectivity index (χ0) is 11.8. The maximum absolute atomic E-state index is 11.3. The molecule has 1 rings (SSSR count). The molecule has 0 radical (unpaired) electrons. The second-order valence-electron chi connectivity index (χ2n) is 3.65. The molecular weight excluding hydrogens is 202 g/mol. The number of benzene rings is 1. The summed E-state index contributed by atoms with van der Waals surface area (Å²) in [6.45, 7) is 6.51. The van der Waals surface area contributed by atoms with Crippen LogP contribution in [-0.4, -0.2) is 19.1 Å². The molecule has 0 spiro atoms. The van der Waals surface area contributed by atoms with Crippen molar-refractivity contribution in [3.8, 4) is 5.75 Å². The molecule has 0 heterocycles. The number of nitrogens with one attached hydrogen (secondary N) is 1. The lowest BCUT2D eigenvalue weighted by molar-refractivity contribution is -0.121.